The van der Waals surface area contributed by atoms with E-state index in [1.807, 2.05) is 38.1 Å². The van der Waals surface area contributed by atoms with Crippen LogP contribution in [0.5, 0.6) is 0 Å². The van der Waals surface area contributed by atoms with Crippen LogP contribution in [0.2, 0.25) is 0 Å². The summed E-state index contributed by atoms with van der Waals surface area (Å²) in [6.07, 6.45) is 0.779. The minimum atomic E-state index is -0.131. The number of hydrogen-bond donors (Lipinski definition) is 1. The van der Waals surface area contributed by atoms with Gasteiger partial charge in [0.05, 0.1) is 0 Å². The molecule has 1 atom stereocenters. The molecule has 0 aromatic heterocycles. The Morgan fingerprint density at radius 1 is 1.15 bits per heavy atom. The second-order valence-corrected chi connectivity index (χ2v) is 5.88. The van der Waals surface area contributed by atoms with Gasteiger partial charge in [0.15, 0.2) is 0 Å². The number of benzene rings is 2. The minimum absolute atomic E-state index is 0.00164. The monoisotopic (exact) mass is 335 g/mol. The highest BCUT2D eigenvalue weighted by atomic mass is 79.9. The summed E-state index contributed by atoms with van der Waals surface area (Å²) in [5.41, 5.74) is 2.88. The maximum absolute atomic E-state index is 14.1. The van der Waals surface area contributed by atoms with E-state index >= 15 is 0 Å². The van der Waals surface area contributed by atoms with Gasteiger partial charge >= 0.3 is 0 Å². The molecule has 20 heavy (non-hydrogen) atoms. The molecule has 0 aliphatic heterocycles. The van der Waals surface area contributed by atoms with Crippen LogP contribution in [0, 0.1) is 12.7 Å². The zero-order valence-corrected chi connectivity index (χ0v) is 13.4. The lowest BCUT2D eigenvalue weighted by Gasteiger charge is -2.19. The molecule has 2 aromatic rings. The number of likely N-dealkylation sites (N-methyl/N-ethyl adjacent to an activating group) is 1. The summed E-state index contributed by atoms with van der Waals surface area (Å²) < 4.78 is 15.2. The summed E-state index contributed by atoms with van der Waals surface area (Å²) in [6.45, 7) is 4.76. The molecule has 1 unspecified atom stereocenters. The van der Waals surface area contributed by atoms with Crippen molar-refractivity contribution in [2.75, 3.05) is 6.54 Å². The molecule has 0 spiro atoms. The molecular formula is C17H19BrFN. The lowest BCUT2D eigenvalue weighted by Crippen LogP contribution is -2.24. The van der Waals surface area contributed by atoms with Crippen molar-refractivity contribution in [3.05, 3.63) is 69.4 Å². The van der Waals surface area contributed by atoms with Crippen LogP contribution in [0.3, 0.4) is 0 Å². The quantitative estimate of drug-likeness (QED) is 0.828. The highest BCUT2D eigenvalue weighted by Gasteiger charge is 2.15. The summed E-state index contributed by atoms with van der Waals surface area (Å²) in [4.78, 5) is 0. The van der Waals surface area contributed by atoms with Gasteiger partial charge < -0.3 is 5.32 Å². The van der Waals surface area contributed by atoms with Crippen molar-refractivity contribution in [3.8, 4) is 0 Å². The number of hydrogen-bond acceptors (Lipinski definition) is 1. The van der Waals surface area contributed by atoms with E-state index in [2.05, 4.69) is 33.4 Å². The topological polar surface area (TPSA) is 12.0 Å². The molecule has 0 aliphatic rings. The molecule has 3 heteroatoms. The SMILES string of the molecule is CCNC(Cc1ccc(Br)cc1)c1ccc(C)cc1F. The van der Waals surface area contributed by atoms with Gasteiger partial charge in [0.25, 0.3) is 0 Å². The molecule has 2 rings (SSSR count). The molecule has 0 heterocycles. The molecule has 1 nitrogen and oxygen atoms in total. The smallest absolute Gasteiger partial charge is 0.128 e. The summed E-state index contributed by atoms with van der Waals surface area (Å²) >= 11 is 3.43. The number of halogens is 2. The van der Waals surface area contributed by atoms with Crippen LogP contribution in [0.1, 0.15) is 29.7 Å². The van der Waals surface area contributed by atoms with Crippen LogP contribution in [0.25, 0.3) is 0 Å². The maximum atomic E-state index is 14.1. The standard InChI is InChI=1S/C17H19BrFN/c1-3-20-17(11-13-5-7-14(18)8-6-13)15-9-4-12(2)10-16(15)19/h4-10,17,20H,3,11H2,1-2H3. The van der Waals surface area contributed by atoms with Crippen LogP contribution in [-0.4, -0.2) is 6.54 Å². The molecule has 106 valence electrons. The van der Waals surface area contributed by atoms with Crippen molar-refractivity contribution < 1.29 is 4.39 Å². The first-order valence-corrected chi connectivity index (χ1v) is 7.63. The van der Waals surface area contributed by atoms with Crippen molar-refractivity contribution >= 4 is 15.9 Å². The van der Waals surface area contributed by atoms with Gasteiger partial charge in [0.1, 0.15) is 5.82 Å². The van der Waals surface area contributed by atoms with E-state index < -0.39 is 0 Å². The zero-order valence-electron chi connectivity index (χ0n) is 11.8. The van der Waals surface area contributed by atoms with Crippen molar-refractivity contribution in [1.29, 1.82) is 0 Å². The van der Waals surface area contributed by atoms with Gasteiger partial charge in [0, 0.05) is 16.1 Å². The van der Waals surface area contributed by atoms with E-state index in [0.29, 0.717) is 0 Å². The van der Waals surface area contributed by atoms with Gasteiger partial charge in [-0.25, -0.2) is 4.39 Å². The predicted molar refractivity (Wildman–Crippen MR) is 85.4 cm³/mol. The van der Waals surface area contributed by atoms with E-state index in [1.165, 1.54) is 5.56 Å². The molecule has 0 fully saturated rings. The minimum Gasteiger partial charge on any atom is -0.310 e. The third-order valence-corrected chi connectivity index (χ3v) is 3.86. The van der Waals surface area contributed by atoms with Gasteiger partial charge in [0.2, 0.25) is 0 Å². The van der Waals surface area contributed by atoms with Crippen molar-refractivity contribution in [2.45, 2.75) is 26.3 Å². The second kappa shape index (κ2) is 7.00. The van der Waals surface area contributed by atoms with Crippen LogP contribution in [0.15, 0.2) is 46.9 Å². The lowest BCUT2D eigenvalue weighted by atomic mass is 9.97. The molecule has 1 N–H and O–H groups in total. The van der Waals surface area contributed by atoms with Crippen LogP contribution in [0.4, 0.5) is 4.39 Å². The van der Waals surface area contributed by atoms with Crippen LogP contribution < -0.4 is 5.32 Å². The third kappa shape index (κ3) is 3.90. The molecule has 2 aromatic carbocycles. The van der Waals surface area contributed by atoms with E-state index in [-0.39, 0.29) is 11.9 Å². The first-order chi connectivity index (χ1) is 9.60. The van der Waals surface area contributed by atoms with Gasteiger partial charge in [-0.05, 0) is 49.2 Å². The molecular weight excluding hydrogens is 317 g/mol. The van der Waals surface area contributed by atoms with Gasteiger partial charge in [-0.1, -0.05) is 47.1 Å². The first-order valence-electron chi connectivity index (χ1n) is 6.84. The number of nitrogens with one attached hydrogen (secondary N) is 1. The highest BCUT2D eigenvalue weighted by Crippen LogP contribution is 2.23. The Morgan fingerprint density at radius 2 is 1.85 bits per heavy atom. The molecule has 0 aliphatic carbocycles. The van der Waals surface area contributed by atoms with Crippen LogP contribution in [-0.2, 0) is 6.42 Å². The molecule has 0 amide bonds. The number of aryl methyl sites for hydroxylation is 1. The molecule has 0 bridgehead atoms. The average molecular weight is 336 g/mol. The fraction of sp³-hybridized carbons (Fsp3) is 0.294. The summed E-state index contributed by atoms with van der Waals surface area (Å²) in [5, 5.41) is 3.37. The normalized spacial score (nSPS) is 12.4. The Hall–Kier alpha value is -1.19. The fourth-order valence-electron chi connectivity index (χ4n) is 2.31. The van der Waals surface area contributed by atoms with Gasteiger partial charge in [-0.2, -0.15) is 0 Å². The van der Waals surface area contributed by atoms with E-state index in [1.54, 1.807) is 6.07 Å². The summed E-state index contributed by atoms with van der Waals surface area (Å²) in [6, 6.07) is 13.6. The van der Waals surface area contributed by atoms with E-state index in [9.17, 15) is 4.39 Å². The van der Waals surface area contributed by atoms with Crippen molar-refractivity contribution in [3.63, 3.8) is 0 Å². The predicted octanol–water partition coefficient (Wildman–Crippen LogP) is 4.79. The Bertz CT molecular complexity index is 566. The largest absolute Gasteiger partial charge is 0.310 e. The molecule has 0 radical (unpaired) electrons. The summed E-state index contributed by atoms with van der Waals surface area (Å²) in [5.74, 6) is -0.131. The number of rotatable bonds is 5. The molecule has 0 saturated carbocycles. The average Bonchev–Trinajstić information content (AvgIpc) is 2.41. The lowest BCUT2D eigenvalue weighted by molar-refractivity contribution is 0.509. The van der Waals surface area contributed by atoms with E-state index in [4.69, 9.17) is 0 Å². The third-order valence-electron chi connectivity index (χ3n) is 3.33. The van der Waals surface area contributed by atoms with Crippen molar-refractivity contribution in [1.82, 2.24) is 5.32 Å². The Balaban J connectivity index is 2.24. The highest BCUT2D eigenvalue weighted by molar-refractivity contribution is 9.10. The first kappa shape index (κ1) is 15.2. The Kier molecular flexibility index (Phi) is 5.32. The zero-order chi connectivity index (χ0) is 14.5. The second-order valence-electron chi connectivity index (χ2n) is 4.97. The maximum Gasteiger partial charge on any atom is 0.128 e. The Morgan fingerprint density at radius 3 is 2.45 bits per heavy atom. The Labute approximate surface area is 128 Å². The van der Waals surface area contributed by atoms with Gasteiger partial charge in [-0.3, -0.25) is 0 Å². The van der Waals surface area contributed by atoms with E-state index in [0.717, 1.165) is 28.6 Å². The van der Waals surface area contributed by atoms with Gasteiger partial charge in [-0.15, -0.1) is 0 Å². The summed E-state index contributed by atoms with van der Waals surface area (Å²) in [7, 11) is 0. The fourth-order valence-corrected chi connectivity index (χ4v) is 2.57. The van der Waals surface area contributed by atoms with Crippen molar-refractivity contribution in [2.24, 2.45) is 0 Å². The molecule has 0 saturated heterocycles. The van der Waals surface area contributed by atoms with Crippen LogP contribution >= 0.6 is 15.9 Å².